The molecule has 3 rings (SSSR count). The summed E-state index contributed by atoms with van der Waals surface area (Å²) in [6, 6.07) is 12.6. The van der Waals surface area contributed by atoms with Crippen molar-refractivity contribution >= 4 is 0 Å². The van der Waals surface area contributed by atoms with Gasteiger partial charge in [-0.15, -0.1) is 0 Å². The van der Waals surface area contributed by atoms with Gasteiger partial charge in [0.15, 0.2) is 0 Å². The Labute approximate surface area is 112 Å². The largest absolute Gasteiger partial charge is 0.489 e. The van der Waals surface area contributed by atoms with Gasteiger partial charge in [0.25, 0.3) is 0 Å². The standard InChI is InChI=1S/C16H16FNO/c17-14-5-2-6-15(9-14)19-11-13-4-1-3-12-7-8-18-10-16(12)13/h1-6,9,18H,7-8,10-11H2. The SMILES string of the molecule is Fc1cccc(OCc2cccc3c2CNCC3)c1. The maximum Gasteiger partial charge on any atom is 0.126 e. The maximum absolute atomic E-state index is 13.1. The van der Waals surface area contributed by atoms with E-state index in [2.05, 4.69) is 23.5 Å². The molecule has 0 saturated heterocycles. The van der Waals surface area contributed by atoms with E-state index in [4.69, 9.17) is 4.74 Å². The number of benzene rings is 2. The fourth-order valence-corrected chi connectivity index (χ4v) is 2.44. The van der Waals surface area contributed by atoms with Crippen molar-refractivity contribution in [3.8, 4) is 5.75 Å². The molecule has 98 valence electrons. The Morgan fingerprint density at radius 3 is 2.95 bits per heavy atom. The van der Waals surface area contributed by atoms with E-state index < -0.39 is 0 Å². The average molecular weight is 257 g/mol. The van der Waals surface area contributed by atoms with Crippen LogP contribution in [0.15, 0.2) is 42.5 Å². The average Bonchev–Trinajstić information content (AvgIpc) is 2.45. The molecular weight excluding hydrogens is 241 g/mol. The van der Waals surface area contributed by atoms with Crippen LogP contribution in [0, 0.1) is 5.82 Å². The summed E-state index contributed by atoms with van der Waals surface area (Å²) in [6.45, 7) is 2.40. The second kappa shape index (κ2) is 5.41. The van der Waals surface area contributed by atoms with Gasteiger partial charge in [-0.05, 0) is 41.8 Å². The summed E-state index contributed by atoms with van der Waals surface area (Å²) in [4.78, 5) is 0. The molecule has 0 saturated carbocycles. The quantitative estimate of drug-likeness (QED) is 0.912. The van der Waals surface area contributed by atoms with Crippen molar-refractivity contribution < 1.29 is 9.13 Å². The summed E-state index contributed by atoms with van der Waals surface area (Å²) >= 11 is 0. The molecule has 0 spiro atoms. The minimum atomic E-state index is -0.269. The summed E-state index contributed by atoms with van der Waals surface area (Å²) in [5.74, 6) is 0.302. The van der Waals surface area contributed by atoms with Crippen molar-refractivity contribution in [2.45, 2.75) is 19.6 Å². The highest BCUT2D eigenvalue weighted by atomic mass is 19.1. The molecule has 1 aliphatic rings. The van der Waals surface area contributed by atoms with E-state index in [-0.39, 0.29) is 5.82 Å². The van der Waals surface area contributed by atoms with Crippen LogP contribution < -0.4 is 10.1 Å². The minimum absolute atomic E-state index is 0.269. The second-order valence-electron chi connectivity index (χ2n) is 4.73. The van der Waals surface area contributed by atoms with Crippen LogP contribution in [-0.2, 0) is 19.6 Å². The Morgan fingerprint density at radius 2 is 2.05 bits per heavy atom. The van der Waals surface area contributed by atoms with Crippen molar-refractivity contribution in [2.75, 3.05) is 6.54 Å². The van der Waals surface area contributed by atoms with E-state index in [1.807, 2.05) is 0 Å². The lowest BCUT2D eigenvalue weighted by Crippen LogP contribution is -2.25. The summed E-state index contributed by atoms with van der Waals surface area (Å²) in [5.41, 5.74) is 3.89. The molecule has 19 heavy (non-hydrogen) atoms. The smallest absolute Gasteiger partial charge is 0.126 e. The highest BCUT2D eigenvalue weighted by Crippen LogP contribution is 2.21. The highest BCUT2D eigenvalue weighted by molar-refractivity contribution is 5.37. The first kappa shape index (κ1) is 12.2. The zero-order valence-corrected chi connectivity index (χ0v) is 10.7. The number of nitrogens with one attached hydrogen (secondary N) is 1. The molecule has 0 atom stereocenters. The van der Waals surface area contributed by atoms with Crippen molar-refractivity contribution in [3.63, 3.8) is 0 Å². The third-order valence-electron chi connectivity index (χ3n) is 3.43. The van der Waals surface area contributed by atoms with Gasteiger partial charge in [0.05, 0.1) is 0 Å². The fraction of sp³-hybridized carbons (Fsp3) is 0.250. The van der Waals surface area contributed by atoms with Crippen LogP contribution in [0.5, 0.6) is 5.75 Å². The zero-order valence-electron chi connectivity index (χ0n) is 10.7. The Balaban J connectivity index is 1.77. The topological polar surface area (TPSA) is 21.3 Å². The zero-order chi connectivity index (χ0) is 13.1. The van der Waals surface area contributed by atoms with E-state index in [0.29, 0.717) is 12.4 Å². The molecule has 3 heteroatoms. The van der Waals surface area contributed by atoms with Crippen molar-refractivity contribution in [2.24, 2.45) is 0 Å². The Kier molecular flexibility index (Phi) is 3.47. The molecule has 1 N–H and O–H groups in total. The van der Waals surface area contributed by atoms with Crippen LogP contribution in [0.25, 0.3) is 0 Å². The molecule has 1 heterocycles. The molecule has 2 nitrogen and oxygen atoms in total. The van der Waals surface area contributed by atoms with Gasteiger partial charge in [0.2, 0.25) is 0 Å². The van der Waals surface area contributed by atoms with E-state index in [9.17, 15) is 4.39 Å². The van der Waals surface area contributed by atoms with Crippen LogP contribution in [-0.4, -0.2) is 6.54 Å². The molecule has 0 bridgehead atoms. The number of hydrogen-bond donors (Lipinski definition) is 1. The fourth-order valence-electron chi connectivity index (χ4n) is 2.44. The molecule has 2 aromatic carbocycles. The van der Waals surface area contributed by atoms with Crippen LogP contribution in [0.4, 0.5) is 4.39 Å². The van der Waals surface area contributed by atoms with Gasteiger partial charge in [-0.1, -0.05) is 24.3 Å². The van der Waals surface area contributed by atoms with Crippen LogP contribution in [0.3, 0.4) is 0 Å². The lowest BCUT2D eigenvalue weighted by atomic mass is 9.96. The van der Waals surface area contributed by atoms with E-state index in [0.717, 1.165) is 19.5 Å². The molecule has 1 aliphatic heterocycles. The first-order valence-corrected chi connectivity index (χ1v) is 6.51. The maximum atomic E-state index is 13.1. The lowest BCUT2D eigenvalue weighted by Gasteiger charge is -2.20. The molecule has 0 amide bonds. The normalized spacial score (nSPS) is 13.9. The summed E-state index contributed by atoms with van der Waals surface area (Å²) in [7, 11) is 0. The molecular formula is C16H16FNO. The van der Waals surface area contributed by atoms with Crippen molar-refractivity contribution in [1.82, 2.24) is 5.32 Å². The molecule has 0 unspecified atom stereocenters. The van der Waals surface area contributed by atoms with Gasteiger partial charge in [-0.2, -0.15) is 0 Å². The van der Waals surface area contributed by atoms with Crippen LogP contribution in [0.1, 0.15) is 16.7 Å². The van der Waals surface area contributed by atoms with Gasteiger partial charge < -0.3 is 10.1 Å². The molecule has 0 radical (unpaired) electrons. The van der Waals surface area contributed by atoms with Gasteiger partial charge in [-0.25, -0.2) is 4.39 Å². The van der Waals surface area contributed by atoms with Gasteiger partial charge in [-0.3, -0.25) is 0 Å². The predicted octanol–water partition coefficient (Wildman–Crippen LogP) is 3.05. The monoisotopic (exact) mass is 257 g/mol. The Morgan fingerprint density at radius 1 is 1.16 bits per heavy atom. The van der Waals surface area contributed by atoms with Crippen molar-refractivity contribution in [3.05, 3.63) is 65.0 Å². The minimum Gasteiger partial charge on any atom is -0.489 e. The third kappa shape index (κ3) is 2.76. The van der Waals surface area contributed by atoms with Gasteiger partial charge in [0, 0.05) is 12.6 Å². The second-order valence-corrected chi connectivity index (χ2v) is 4.73. The number of rotatable bonds is 3. The highest BCUT2D eigenvalue weighted by Gasteiger charge is 2.12. The molecule has 0 aromatic heterocycles. The summed E-state index contributed by atoms with van der Waals surface area (Å²) < 4.78 is 18.7. The third-order valence-corrected chi connectivity index (χ3v) is 3.43. The first-order chi connectivity index (χ1) is 9.33. The first-order valence-electron chi connectivity index (χ1n) is 6.51. The van der Waals surface area contributed by atoms with Crippen LogP contribution >= 0.6 is 0 Å². The van der Waals surface area contributed by atoms with E-state index >= 15 is 0 Å². The van der Waals surface area contributed by atoms with Crippen molar-refractivity contribution in [1.29, 1.82) is 0 Å². The Bertz CT molecular complexity index is 583. The lowest BCUT2D eigenvalue weighted by molar-refractivity contribution is 0.302. The molecule has 2 aromatic rings. The van der Waals surface area contributed by atoms with E-state index in [1.165, 1.54) is 28.8 Å². The molecule has 0 fully saturated rings. The number of hydrogen-bond acceptors (Lipinski definition) is 2. The van der Waals surface area contributed by atoms with Gasteiger partial charge in [0.1, 0.15) is 18.2 Å². The Hall–Kier alpha value is -1.87. The summed E-state index contributed by atoms with van der Waals surface area (Å²) in [6.07, 6.45) is 1.06. The number of halogens is 1. The van der Waals surface area contributed by atoms with Crippen LogP contribution in [0.2, 0.25) is 0 Å². The predicted molar refractivity (Wildman–Crippen MR) is 72.6 cm³/mol. The van der Waals surface area contributed by atoms with E-state index in [1.54, 1.807) is 12.1 Å². The number of ether oxygens (including phenoxy) is 1. The number of fused-ring (bicyclic) bond motifs is 1. The summed E-state index contributed by atoms with van der Waals surface area (Å²) in [5, 5.41) is 3.37. The molecule has 0 aliphatic carbocycles. The van der Waals surface area contributed by atoms with Gasteiger partial charge >= 0.3 is 0 Å².